The molecule has 3 aromatic rings. The van der Waals surface area contributed by atoms with Gasteiger partial charge in [-0.3, -0.25) is 4.79 Å². The molecule has 0 saturated carbocycles. The lowest BCUT2D eigenvalue weighted by Gasteiger charge is -2.06. The molecule has 2 aromatic carbocycles. The second-order valence-corrected chi connectivity index (χ2v) is 6.62. The van der Waals surface area contributed by atoms with Crippen LogP contribution in [0, 0.1) is 0 Å². The van der Waals surface area contributed by atoms with E-state index in [1.807, 2.05) is 49.4 Å². The van der Waals surface area contributed by atoms with Gasteiger partial charge in [0.05, 0.1) is 17.3 Å². The number of thiazole rings is 1. The fourth-order valence-electron chi connectivity index (χ4n) is 2.51. The van der Waals surface area contributed by atoms with Crippen LogP contribution in [0.15, 0.2) is 42.5 Å². The lowest BCUT2D eigenvalue weighted by molar-refractivity contribution is 0.0954. The number of nitrogens with one attached hydrogen (secondary N) is 2. The molecule has 0 spiro atoms. The summed E-state index contributed by atoms with van der Waals surface area (Å²) < 4.78 is 6.16. The van der Waals surface area contributed by atoms with Crippen molar-refractivity contribution < 1.29 is 9.53 Å². The topological polar surface area (TPSA) is 63.2 Å². The van der Waals surface area contributed by atoms with Crippen molar-refractivity contribution in [2.75, 3.05) is 25.5 Å². The minimum atomic E-state index is -0.0613. The highest BCUT2D eigenvalue weighted by atomic mass is 32.1. The van der Waals surface area contributed by atoms with Crippen LogP contribution in [0.3, 0.4) is 0 Å². The average molecular weight is 355 g/mol. The van der Waals surface area contributed by atoms with Gasteiger partial charge in [-0.25, -0.2) is 4.98 Å². The van der Waals surface area contributed by atoms with Crippen LogP contribution in [0.2, 0.25) is 0 Å². The van der Waals surface area contributed by atoms with E-state index in [0.29, 0.717) is 12.1 Å². The first-order valence-electron chi connectivity index (χ1n) is 8.25. The summed E-state index contributed by atoms with van der Waals surface area (Å²) in [5.74, 6) is 0.774. The molecule has 130 valence electrons. The van der Waals surface area contributed by atoms with Crippen molar-refractivity contribution in [2.45, 2.75) is 13.3 Å². The highest BCUT2D eigenvalue weighted by Crippen LogP contribution is 2.26. The number of nitrogens with zero attached hydrogens (tertiary/aromatic N) is 1. The third-order valence-corrected chi connectivity index (χ3v) is 4.81. The van der Waals surface area contributed by atoms with Crippen molar-refractivity contribution in [3.8, 4) is 5.75 Å². The Hall–Kier alpha value is -2.60. The van der Waals surface area contributed by atoms with Gasteiger partial charge < -0.3 is 15.4 Å². The van der Waals surface area contributed by atoms with E-state index in [-0.39, 0.29) is 5.91 Å². The third kappa shape index (κ3) is 4.28. The Bertz CT molecular complexity index is 859. The molecule has 0 saturated heterocycles. The van der Waals surface area contributed by atoms with Gasteiger partial charge in [-0.1, -0.05) is 23.5 Å². The molecular formula is C19H21N3O2S. The Morgan fingerprint density at radius 2 is 2.00 bits per heavy atom. The molecule has 0 aliphatic heterocycles. The maximum absolute atomic E-state index is 12.3. The van der Waals surface area contributed by atoms with Crippen molar-refractivity contribution in [3.63, 3.8) is 0 Å². The maximum atomic E-state index is 12.3. The third-order valence-electron chi connectivity index (χ3n) is 3.84. The minimum absolute atomic E-state index is 0.0613. The number of hydrogen-bond donors (Lipinski definition) is 2. The number of rotatable bonds is 7. The van der Waals surface area contributed by atoms with Crippen molar-refractivity contribution in [1.29, 1.82) is 0 Å². The molecule has 25 heavy (non-hydrogen) atoms. The number of carbonyl (C=O) groups excluding carboxylic acids is 1. The van der Waals surface area contributed by atoms with E-state index in [4.69, 9.17) is 4.74 Å². The number of methoxy groups -OCH3 is 1. The number of hydrogen-bond acceptors (Lipinski definition) is 5. The van der Waals surface area contributed by atoms with Gasteiger partial charge in [0.1, 0.15) is 5.75 Å². The number of fused-ring (bicyclic) bond motifs is 1. The molecule has 1 aromatic heterocycles. The minimum Gasteiger partial charge on any atom is -0.497 e. The summed E-state index contributed by atoms with van der Waals surface area (Å²) in [4.78, 5) is 16.8. The fraction of sp³-hybridized carbons (Fsp3) is 0.263. The lowest BCUT2D eigenvalue weighted by atomic mass is 10.1. The predicted octanol–water partition coefficient (Wildman–Crippen LogP) is 3.71. The second-order valence-electron chi connectivity index (χ2n) is 5.59. The van der Waals surface area contributed by atoms with Gasteiger partial charge in [0.25, 0.3) is 5.91 Å². The second kappa shape index (κ2) is 7.98. The summed E-state index contributed by atoms with van der Waals surface area (Å²) in [7, 11) is 1.65. The van der Waals surface area contributed by atoms with Gasteiger partial charge >= 0.3 is 0 Å². The number of carbonyl (C=O) groups is 1. The Morgan fingerprint density at radius 1 is 1.20 bits per heavy atom. The monoisotopic (exact) mass is 355 g/mol. The van der Waals surface area contributed by atoms with Crippen molar-refractivity contribution in [1.82, 2.24) is 10.3 Å². The van der Waals surface area contributed by atoms with Crippen LogP contribution < -0.4 is 15.4 Å². The quantitative estimate of drug-likeness (QED) is 0.678. The summed E-state index contributed by atoms with van der Waals surface area (Å²) in [6, 6.07) is 13.5. The largest absolute Gasteiger partial charge is 0.497 e. The molecule has 5 nitrogen and oxygen atoms in total. The number of benzene rings is 2. The van der Waals surface area contributed by atoms with Crippen molar-refractivity contribution in [2.24, 2.45) is 0 Å². The van der Waals surface area contributed by atoms with E-state index in [0.717, 1.165) is 39.6 Å². The normalized spacial score (nSPS) is 10.6. The van der Waals surface area contributed by atoms with Gasteiger partial charge in [-0.2, -0.15) is 0 Å². The molecular weight excluding hydrogens is 334 g/mol. The van der Waals surface area contributed by atoms with Crippen LogP contribution in [0.1, 0.15) is 22.8 Å². The molecule has 2 N–H and O–H groups in total. The van der Waals surface area contributed by atoms with Crippen molar-refractivity contribution >= 4 is 32.6 Å². The van der Waals surface area contributed by atoms with E-state index in [9.17, 15) is 4.79 Å². The summed E-state index contributed by atoms with van der Waals surface area (Å²) in [5, 5.41) is 7.06. The predicted molar refractivity (Wildman–Crippen MR) is 103 cm³/mol. The summed E-state index contributed by atoms with van der Waals surface area (Å²) in [5.41, 5.74) is 2.74. The van der Waals surface area contributed by atoms with Crippen LogP contribution in [-0.4, -0.2) is 31.1 Å². The van der Waals surface area contributed by atoms with E-state index in [1.165, 1.54) is 0 Å². The van der Waals surface area contributed by atoms with Gasteiger partial charge in [-0.05, 0) is 49.2 Å². The van der Waals surface area contributed by atoms with Crippen LogP contribution in [-0.2, 0) is 6.42 Å². The summed E-state index contributed by atoms with van der Waals surface area (Å²) >= 11 is 1.56. The first kappa shape index (κ1) is 17.2. The Morgan fingerprint density at radius 3 is 2.72 bits per heavy atom. The Balaban J connectivity index is 1.59. The van der Waals surface area contributed by atoms with Crippen LogP contribution >= 0.6 is 11.3 Å². The smallest absolute Gasteiger partial charge is 0.251 e. The first-order valence-corrected chi connectivity index (χ1v) is 9.07. The highest BCUT2D eigenvalue weighted by molar-refractivity contribution is 7.22. The molecule has 1 amide bonds. The van der Waals surface area contributed by atoms with Gasteiger partial charge in [0.2, 0.25) is 0 Å². The Labute approximate surface area is 151 Å². The highest BCUT2D eigenvalue weighted by Gasteiger charge is 2.09. The molecule has 3 rings (SSSR count). The molecule has 0 radical (unpaired) electrons. The zero-order chi connectivity index (χ0) is 17.6. The SMILES string of the molecule is CCNc1nc2ccc(C(=O)NCCc3ccc(OC)cc3)cc2s1. The zero-order valence-corrected chi connectivity index (χ0v) is 15.2. The van der Waals surface area contributed by atoms with E-state index < -0.39 is 0 Å². The molecule has 0 bridgehead atoms. The molecule has 6 heteroatoms. The molecule has 0 atom stereocenters. The molecule has 0 fully saturated rings. The van der Waals surface area contributed by atoms with Crippen LogP contribution in [0.5, 0.6) is 5.75 Å². The number of ether oxygens (including phenoxy) is 1. The lowest BCUT2D eigenvalue weighted by Crippen LogP contribution is -2.25. The van der Waals surface area contributed by atoms with Crippen molar-refractivity contribution in [3.05, 3.63) is 53.6 Å². The van der Waals surface area contributed by atoms with E-state index in [2.05, 4.69) is 15.6 Å². The average Bonchev–Trinajstić information content (AvgIpc) is 3.04. The molecule has 0 aliphatic rings. The van der Waals surface area contributed by atoms with Gasteiger partial charge in [-0.15, -0.1) is 0 Å². The summed E-state index contributed by atoms with van der Waals surface area (Å²) in [6.45, 7) is 3.46. The summed E-state index contributed by atoms with van der Waals surface area (Å²) in [6.07, 6.45) is 0.781. The maximum Gasteiger partial charge on any atom is 0.251 e. The molecule has 0 unspecified atom stereocenters. The Kier molecular flexibility index (Phi) is 5.50. The van der Waals surface area contributed by atoms with Gasteiger partial charge in [0.15, 0.2) is 5.13 Å². The number of aromatic nitrogens is 1. The first-order chi connectivity index (χ1) is 12.2. The van der Waals surface area contributed by atoms with Crippen LogP contribution in [0.25, 0.3) is 10.2 Å². The molecule has 1 heterocycles. The van der Waals surface area contributed by atoms with E-state index in [1.54, 1.807) is 18.4 Å². The van der Waals surface area contributed by atoms with E-state index >= 15 is 0 Å². The number of amides is 1. The van der Waals surface area contributed by atoms with Gasteiger partial charge in [0, 0.05) is 18.7 Å². The number of anilines is 1. The standard InChI is InChI=1S/C19H21N3O2S/c1-3-20-19-22-16-9-6-14(12-17(16)25-19)18(23)21-11-10-13-4-7-15(24-2)8-5-13/h4-9,12H,3,10-11H2,1-2H3,(H,20,22)(H,21,23). The zero-order valence-electron chi connectivity index (χ0n) is 14.3. The molecule has 0 aliphatic carbocycles. The fourth-order valence-corrected chi connectivity index (χ4v) is 3.48. The van der Waals surface area contributed by atoms with Crippen LogP contribution in [0.4, 0.5) is 5.13 Å².